The summed E-state index contributed by atoms with van der Waals surface area (Å²) in [7, 11) is 3.32. The van der Waals surface area contributed by atoms with Gasteiger partial charge in [-0.15, -0.1) is 0 Å². The predicted octanol–water partition coefficient (Wildman–Crippen LogP) is 3.29. The molecule has 2 aromatic rings. The predicted molar refractivity (Wildman–Crippen MR) is 102 cm³/mol. The second-order valence-electron chi connectivity index (χ2n) is 6.86. The number of rotatable bonds is 6. The number of piperidine rings is 1. The highest BCUT2D eigenvalue weighted by Crippen LogP contribution is 2.42. The lowest BCUT2D eigenvalue weighted by atomic mass is 9.89. The third-order valence-corrected chi connectivity index (χ3v) is 5.34. The first-order valence-corrected chi connectivity index (χ1v) is 9.15. The fourth-order valence-electron chi connectivity index (χ4n) is 3.88. The Morgan fingerprint density at radius 1 is 1.19 bits per heavy atom. The van der Waals surface area contributed by atoms with Crippen molar-refractivity contribution in [2.75, 3.05) is 27.3 Å². The Balaban J connectivity index is 2.08. The number of hydrogen-bond acceptors (Lipinski definition) is 5. The lowest BCUT2D eigenvalue weighted by molar-refractivity contribution is -0.143. The van der Waals surface area contributed by atoms with Gasteiger partial charge < -0.3 is 14.6 Å². The molecule has 1 aliphatic heterocycles. The number of aromatic nitrogens is 1. The lowest BCUT2D eigenvalue weighted by Crippen LogP contribution is -2.39. The van der Waals surface area contributed by atoms with E-state index in [1.54, 1.807) is 20.4 Å². The Morgan fingerprint density at radius 2 is 1.81 bits per heavy atom. The highest BCUT2D eigenvalue weighted by atomic mass is 16.5. The van der Waals surface area contributed by atoms with Crippen molar-refractivity contribution in [2.24, 2.45) is 5.92 Å². The van der Waals surface area contributed by atoms with Gasteiger partial charge in [0.2, 0.25) is 0 Å². The van der Waals surface area contributed by atoms with Crippen LogP contribution in [-0.4, -0.2) is 48.3 Å². The highest BCUT2D eigenvalue weighted by molar-refractivity contribution is 5.70. The maximum absolute atomic E-state index is 11.4. The molecule has 1 saturated heterocycles. The SMILES string of the molecule is COc1cccc(OC)c1C(c1ccncc1C)N1CCC(C(=O)O)CC1. The molecule has 0 aliphatic carbocycles. The zero-order valence-electron chi connectivity index (χ0n) is 16.0. The van der Waals surface area contributed by atoms with E-state index < -0.39 is 5.97 Å². The van der Waals surface area contributed by atoms with Crippen LogP contribution in [0.4, 0.5) is 0 Å². The number of carboxylic acids is 1. The van der Waals surface area contributed by atoms with Crippen LogP contribution in [0, 0.1) is 12.8 Å². The first kappa shape index (κ1) is 19.2. The topological polar surface area (TPSA) is 71.9 Å². The van der Waals surface area contributed by atoms with E-state index in [0.29, 0.717) is 25.9 Å². The zero-order chi connectivity index (χ0) is 19.4. The van der Waals surface area contributed by atoms with Gasteiger partial charge in [0.1, 0.15) is 11.5 Å². The van der Waals surface area contributed by atoms with Crippen molar-refractivity contribution in [3.05, 3.63) is 53.3 Å². The van der Waals surface area contributed by atoms with E-state index in [1.165, 1.54) is 0 Å². The lowest BCUT2D eigenvalue weighted by Gasteiger charge is -2.38. The summed E-state index contributed by atoms with van der Waals surface area (Å²) in [5, 5.41) is 9.34. The van der Waals surface area contributed by atoms with Gasteiger partial charge in [-0.1, -0.05) is 6.07 Å². The van der Waals surface area contributed by atoms with Gasteiger partial charge in [-0.05, 0) is 62.2 Å². The van der Waals surface area contributed by atoms with Gasteiger partial charge >= 0.3 is 5.97 Å². The van der Waals surface area contributed by atoms with E-state index in [4.69, 9.17) is 9.47 Å². The molecule has 0 spiro atoms. The van der Waals surface area contributed by atoms with Crippen LogP contribution in [0.15, 0.2) is 36.7 Å². The number of nitrogens with zero attached hydrogens (tertiary/aromatic N) is 2. The molecule has 1 unspecified atom stereocenters. The molecule has 1 atom stereocenters. The molecule has 1 aromatic heterocycles. The van der Waals surface area contributed by atoms with E-state index in [9.17, 15) is 9.90 Å². The maximum atomic E-state index is 11.4. The van der Waals surface area contributed by atoms with Crippen LogP contribution in [0.25, 0.3) is 0 Å². The van der Waals surface area contributed by atoms with Crippen molar-refractivity contribution in [1.82, 2.24) is 9.88 Å². The third kappa shape index (κ3) is 3.90. The first-order chi connectivity index (χ1) is 13.1. The van der Waals surface area contributed by atoms with Gasteiger partial charge in [0.25, 0.3) is 0 Å². The number of aliphatic carboxylic acids is 1. The van der Waals surface area contributed by atoms with Gasteiger partial charge in [0.05, 0.1) is 31.7 Å². The molecule has 6 nitrogen and oxygen atoms in total. The van der Waals surface area contributed by atoms with Gasteiger partial charge in [-0.25, -0.2) is 0 Å². The summed E-state index contributed by atoms with van der Waals surface area (Å²) in [4.78, 5) is 17.9. The Labute approximate surface area is 159 Å². The molecular formula is C21H26N2O4. The summed E-state index contributed by atoms with van der Waals surface area (Å²) >= 11 is 0. The number of carbonyl (C=O) groups is 1. The number of benzene rings is 1. The summed E-state index contributed by atoms with van der Waals surface area (Å²) in [5.41, 5.74) is 3.17. The average Bonchev–Trinajstić information content (AvgIpc) is 2.70. The van der Waals surface area contributed by atoms with Crippen LogP contribution in [0.5, 0.6) is 11.5 Å². The van der Waals surface area contributed by atoms with Crippen molar-refractivity contribution in [3.63, 3.8) is 0 Å². The largest absolute Gasteiger partial charge is 0.496 e. The van der Waals surface area contributed by atoms with Crippen molar-refractivity contribution >= 4 is 5.97 Å². The summed E-state index contributed by atoms with van der Waals surface area (Å²) in [6, 6.07) is 7.72. The molecule has 3 rings (SSSR count). The highest BCUT2D eigenvalue weighted by Gasteiger charge is 2.33. The Hall–Kier alpha value is -2.60. The van der Waals surface area contributed by atoms with Crippen molar-refractivity contribution in [1.29, 1.82) is 0 Å². The van der Waals surface area contributed by atoms with Crippen LogP contribution in [0.3, 0.4) is 0 Å². The van der Waals surface area contributed by atoms with Crippen molar-refractivity contribution < 1.29 is 19.4 Å². The molecule has 27 heavy (non-hydrogen) atoms. The smallest absolute Gasteiger partial charge is 0.306 e. The minimum atomic E-state index is -0.707. The summed E-state index contributed by atoms with van der Waals surface area (Å²) in [5.74, 6) is 0.535. The van der Waals surface area contributed by atoms with Crippen LogP contribution < -0.4 is 9.47 Å². The third-order valence-electron chi connectivity index (χ3n) is 5.34. The number of pyridine rings is 1. The maximum Gasteiger partial charge on any atom is 0.306 e. The number of methoxy groups -OCH3 is 2. The van der Waals surface area contributed by atoms with E-state index in [-0.39, 0.29) is 12.0 Å². The van der Waals surface area contributed by atoms with E-state index in [2.05, 4.69) is 9.88 Å². The number of hydrogen-bond donors (Lipinski definition) is 1. The monoisotopic (exact) mass is 370 g/mol. The van der Waals surface area contributed by atoms with E-state index >= 15 is 0 Å². The Morgan fingerprint density at radius 3 is 2.33 bits per heavy atom. The van der Waals surface area contributed by atoms with Crippen molar-refractivity contribution in [2.45, 2.75) is 25.8 Å². The Bertz CT molecular complexity index is 778. The van der Waals surface area contributed by atoms with E-state index in [0.717, 1.165) is 28.2 Å². The minimum Gasteiger partial charge on any atom is -0.496 e. The summed E-state index contributed by atoms with van der Waals surface area (Å²) in [6.45, 7) is 3.44. The first-order valence-electron chi connectivity index (χ1n) is 9.15. The van der Waals surface area contributed by atoms with Gasteiger partial charge in [0, 0.05) is 12.4 Å². The molecule has 144 valence electrons. The molecule has 0 bridgehead atoms. The van der Waals surface area contributed by atoms with E-state index in [1.807, 2.05) is 37.4 Å². The standard InChI is InChI=1S/C21H26N2O4/c1-14-13-22-10-7-16(14)20(23-11-8-15(9-12-23)21(24)25)19-17(26-2)5-4-6-18(19)27-3/h4-7,10,13,15,20H,8-9,11-12H2,1-3H3,(H,24,25). The second-order valence-corrected chi connectivity index (χ2v) is 6.86. The molecule has 1 aromatic carbocycles. The molecule has 2 heterocycles. The van der Waals surface area contributed by atoms with Crippen LogP contribution >= 0.6 is 0 Å². The van der Waals surface area contributed by atoms with Gasteiger partial charge in [0.15, 0.2) is 0 Å². The van der Waals surface area contributed by atoms with Crippen LogP contribution in [0.1, 0.15) is 35.6 Å². The number of carboxylic acid groups (broad SMARTS) is 1. The summed E-state index contributed by atoms with van der Waals surface area (Å²) in [6.07, 6.45) is 4.91. The van der Waals surface area contributed by atoms with Crippen LogP contribution in [0.2, 0.25) is 0 Å². The fourth-order valence-corrected chi connectivity index (χ4v) is 3.88. The molecule has 1 N–H and O–H groups in total. The normalized spacial score (nSPS) is 16.7. The van der Waals surface area contributed by atoms with Gasteiger partial charge in [-0.3, -0.25) is 14.7 Å². The fraction of sp³-hybridized carbons (Fsp3) is 0.429. The second kappa shape index (κ2) is 8.39. The number of ether oxygens (including phenoxy) is 2. The molecule has 1 fully saturated rings. The minimum absolute atomic E-state index is 0.0890. The van der Waals surface area contributed by atoms with Gasteiger partial charge in [-0.2, -0.15) is 0 Å². The Kier molecular flexibility index (Phi) is 5.96. The van der Waals surface area contributed by atoms with Crippen LogP contribution in [-0.2, 0) is 4.79 Å². The number of likely N-dealkylation sites (tertiary alicyclic amines) is 1. The quantitative estimate of drug-likeness (QED) is 0.841. The zero-order valence-corrected chi connectivity index (χ0v) is 16.0. The molecule has 0 amide bonds. The van der Waals surface area contributed by atoms with Crippen molar-refractivity contribution in [3.8, 4) is 11.5 Å². The molecule has 0 saturated carbocycles. The number of aryl methyl sites for hydroxylation is 1. The molecular weight excluding hydrogens is 344 g/mol. The molecule has 6 heteroatoms. The average molecular weight is 370 g/mol. The molecule has 0 radical (unpaired) electrons. The summed E-state index contributed by atoms with van der Waals surface area (Å²) < 4.78 is 11.3. The molecule has 1 aliphatic rings.